The first-order chi connectivity index (χ1) is 11.4. The predicted molar refractivity (Wildman–Crippen MR) is 74.9 cm³/mol. The number of amides is 1. The quantitative estimate of drug-likeness (QED) is 0.860. The van der Waals surface area contributed by atoms with E-state index in [1.807, 2.05) is 0 Å². The van der Waals surface area contributed by atoms with Crippen LogP contribution in [-0.4, -0.2) is 16.0 Å². The standard InChI is InChI=1S/C15H16F3N3O3/c16-15(17,18)13-19-12(21-24-13)14(6-3-1-2-4-7-14)20-11(22)10-5-8-23-9-10/h5,8-9H,1-4,6-7H2,(H,20,22). The summed E-state index contributed by atoms with van der Waals surface area (Å²) in [6.07, 6.45) is 2.19. The van der Waals surface area contributed by atoms with Crippen LogP contribution in [0.3, 0.4) is 0 Å². The number of furan rings is 1. The van der Waals surface area contributed by atoms with Crippen LogP contribution >= 0.6 is 0 Å². The zero-order chi connectivity index (χ0) is 17.2. The first-order valence-corrected chi connectivity index (χ1v) is 7.67. The lowest BCUT2D eigenvalue weighted by Crippen LogP contribution is -2.46. The monoisotopic (exact) mass is 343 g/mol. The van der Waals surface area contributed by atoms with Gasteiger partial charge in [0.05, 0.1) is 11.8 Å². The van der Waals surface area contributed by atoms with E-state index in [0.717, 1.165) is 25.7 Å². The van der Waals surface area contributed by atoms with Crippen LogP contribution in [0.4, 0.5) is 13.2 Å². The molecule has 2 aromatic rings. The Bertz CT molecular complexity index is 686. The van der Waals surface area contributed by atoms with Gasteiger partial charge >= 0.3 is 12.1 Å². The van der Waals surface area contributed by atoms with E-state index in [-0.39, 0.29) is 11.4 Å². The Kier molecular flexibility index (Phi) is 4.33. The van der Waals surface area contributed by atoms with E-state index in [1.165, 1.54) is 18.6 Å². The van der Waals surface area contributed by atoms with Gasteiger partial charge in [0.25, 0.3) is 5.91 Å². The van der Waals surface area contributed by atoms with E-state index in [4.69, 9.17) is 4.42 Å². The minimum absolute atomic E-state index is 0.131. The van der Waals surface area contributed by atoms with Gasteiger partial charge in [0, 0.05) is 0 Å². The summed E-state index contributed by atoms with van der Waals surface area (Å²) < 4.78 is 47.5. The molecule has 0 atom stereocenters. The van der Waals surface area contributed by atoms with E-state index >= 15 is 0 Å². The number of halogens is 3. The lowest BCUT2D eigenvalue weighted by molar-refractivity contribution is -0.159. The van der Waals surface area contributed by atoms with Crippen molar-refractivity contribution in [3.8, 4) is 0 Å². The third-order valence-electron chi connectivity index (χ3n) is 4.19. The Morgan fingerprint density at radius 1 is 1.21 bits per heavy atom. The van der Waals surface area contributed by atoms with Gasteiger partial charge in [-0.15, -0.1) is 0 Å². The Morgan fingerprint density at radius 2 is 1.92 bits per heavy atom. The first kappa shape index (κ1) is 16.5. The van der Waals surface area contributed by atoms with Crippen molar-refractivity contribution in [1.29, 1.82) is 0 Å². The summed E-state index contributed by atoms with van der Waals surface area (Å²) in [6, 6.07) is 1.48. The summed E-state index contributed by atoms with van der Waals surface area (Å²) in [7, 11) is 0. The molecule has 0 bridgehead atoms. The van der Waals surface area contributed by atoms with E-state index < -0.39 is 23.5 Å². The van der Waals surface area contributed by atoms with Crippen molar-refractivity contribution >= 4 is 5.91 Å². The summed E-state index contributed by atoms with van der Waals surface area (Å²) in [5.41, 5.74) is -0.782. The molecule has 6 nitrogen and oxygen atoms in total. The topological polar surface area (TPSA) is 81.2 Å². The van der Waals surface area contributed by atoms with E-state index in [1.54, 1.807) is 0 Å². The van der Waals surface area contributed by atoms with Crippen molar-refractivity contribution in [1.82, 2.24) is 15.5 Å². The lowest BCUT2D eigenvalue weighted by Gasteiger charge is -2.30. The molecule has 3 rings (SSSR count). The van der Waals surface area contributed by atoms with Crippen LogP contribution in [0.15, 0.2) is 27.5 Å². The molecule has 0 aliphatic heterocycles. The lowest BCUT2D eigenvalue weighted by atomic mass is 9.89. The third kappa shape index (κ3) is 3.29. The van der Waals surface area contributed by atoms with Gasteiger partial charge in [-0.2, -0.15) is 18.2 Å². The van der Waals surface area contributed by atoms with Crippen molar-refractivity contribution in [3.63, 3.8) is 0 Å². The Labute approximate surface area is 135 Å². The highest BCUT2D eigenvalue weighted by molar-refractivity contribution is 5.94. The fourth-order valence-corrected chi connectivity index (χ4v) is 2.95. The molecule has 1 aliphatic carbocycles. The first-order valence-electron chi connectivity index (χ1n) is 7.67. The average Bonchev–Trinajstić information content (AvgIpc) is 3.17. The number of carbonyl (C=O) groups is 1. The highest BCUT2D eigenvalue weighted by Gasteiger charge is 2.44. The van der Waals surface area contributed by atoms with Crippen LogP contribution in [0.2, 0.25) is 0 Å². The third-order valence-corrected chi connectivity index (χ3v) is 4.19. The van der Waals surface area contributed by atoms with Gasteiger partial charge in [-0.3, -0.25) is 4.79 Å². The van der Waals surface area contributed by atoms with Crippen LogP contribution in [0.25, 0.3) is 0 Å². The van der Waals surface area contributed by atoms with E-state index in [0.29, 0.717) is 12.8 Å². The summed E-state index contributed by atoms with van der Waals surface area (Å²) in [4.78, 5) is 15.9. The molecule has 1 N–H and O–H groups in total. The average molecular weight is 343 g/mol. The Hall–Kier alpha value is -2.32. The molecular weight excluding hydrogens is 327 g/mol. The van der Waals surface area contributed by atoms with Gasteiger partial charge in [0.15, 0.2) is 5.82 Å². The van der Waals surface area contributed by atoms with Crippen LogP contribution in [0.5, 0.6) is 0 Å². The Morgan fingerprint density at radius 3 is 2.46 bits per heavy atom. The molecule has 0 saturated heterocycles. The van der Waals surface area contributed by atoms with Gasteiger partial charge in [-0.1, -0.05) is 30.8 Å². The number of nitrogens with zero attached hydrogens (tertiary/aromatic N) is 2. The molecule has 24 heavy (non-hydrogen) atoms. The Balaban J connectivity index is 1.93. The molecule has 0 aromatic carbocycles. The van der Waals surface area contributed by atoms with Crippen molar-refractivity contribution in [3.05, 3.63) is 35.9 Å². The molecule has 0 spiro atoms. The van der Waals surface area contributed by atoms with Crippen molar-refractivity contribution in [2.45, 2.75) is 50.2 Å². The van der Waals surface area contributed by atoms with Crippen LogP contribution in [0, 0.1) is 0 Å². The van der Waals surface area contributed by atoms with Crippen LogP contribution in [0.1, 0.15) is 60.6 Å². The van der Waals surface area contributed by atoms with Crippen LogP contribution < -0.4 is 5.32 Å². The largest absolute Gasteiger partial charge is 0.472 e. The minimum atomic E-state index is -4.72. The van der Waals surface area contributed by atoms with E-state index in [2.05, 4.69) is 20.0 Å². The molecule has 9 heteroatoms. The summed E-state index contributed by atoms with van der Waals surface area (Å²) in [6.45, 7) is 0. The maximum absolute atomic E-state index is 12.8. The smallest absolute Gasteiger partial charge is 0.471 e. The second-order valence-corrected chi connectivity index (χ2v) is 5.88. The molecule has 1 amide bonds. The molecule has 0 unspecified atom stereocenters. The zero-order valence-corrected chi connectivity index (χ0v) is 12.7. The van der Waals surface area contributed by atoms with Gasteiger partial charge in [-0.05, 0) is 18.9 Å². The molecule has 2 aromatic heterocycles. The number of nitrogens with one attached hydrogen (secondary N) is 1. The van der Waals surface area contributed by atoms with Gasteiger partial charge in [0.2, 0.25) is 0 Å². The van der Waals surface area contributed by atoms with Gasteiger partial charge in [-0.25, -0.2) is 0 Å². The normalized spacial score (nSPS) is 18.1. The van der Waals surface area contributed by atoms with Crippen molar-refractivity contribution < 1.29 is 26.9 Å². The molecule has 130 valence electrons. The molecule has 0 radical (unpaired) electrons. The summed E-state index contributed by atoms with van der Waals surface area (Å²) in [5.74, 6) is -1.98. The number of alkyl halides is 3. The highest BCUT2D eigenvalue weighted by atomic mass is 19.4. The fraction of sp³-hybridized carbons (Fsp3) is 0.533. The zero-order valence-electron chi connectivity index (χ0n) is 12.7. The van der Waals surface area contributed by atoms with Crippen molar-refractivity contribution in [2.75, 3.05) is 0 Å². The second-order valence-electron chi connectivity index (χ2n) is 5.88. The van der Waals surface area contributed by atoms with E-state index in [9.17, 15) is 18.0 Å². The molecule has 1 fully saturated rings. The molecule has 1 aliphatic rings. The minimum Gasteiger partial charge on any atom is -0.472 e. The summed E-state index contributed by atoms with van der Waals surface area (Å²) in [5, 5.41) is 6.31. The number of hydrogen-bond acceptors (Lipinski definition) is 5. The number of carbonyl (C=O) groups excluding carboxylic acids is 1. The number of hydrogen-bond donors (Lipinski definition) is 1. The predicted octanol–water partition coefficient (Wildman–Crippen LogP) is 3.66. The SMILES string of the molecule is O=C(NC1(c2noc(C(F)(F)F)n2)CCCCCC1)c1ccoc1. The van der Waals surface area contributed by atoms with Crippen LogP contribution in [-0.2, 0) is 11.7 Å². The number of rotatable bonds is 3. The van der Waals surface area contributed by atoms with Crippen molar-refractivity contribution in [2.24, 2.45) is 0 Å². The summed E-state index contributed by atoms with van der Waals surface area (Å²) >= 11 is 0. The maximum Gasteiger partial charge on any atom is 0.471 e. The maximum atomic E-state index is 12.8. The molecule has 1 saturated carbocycles. The fourth-order valence-electron chi connectivity index (χ4n) is 2.95. The second kappa shape index (κ2) is 6.29. The molecular formula is C15H16F3N3O3. The highest BCUT2D eigenvalue weighted by Crippen LogP contribution is 2.37. The molecule has 2 heterocycles. The van der Waals surface area contributed by atoms with Gasteiger partial charge < -0.3 is 14.3 Å². The number of aromatic nitrogens is 2. The van der Waals surface area contributed by atoms with Gasteiger partial charge in [0.1, 0.15) is 11.8 Å².